The van der Waals surface area contributed by atoms with Crippen LogP contribution in [0.1, 0.15) is 30.1 Å². The van der Waals surface area contributed by atoms with E-state index in [0.29, 0.717) is 22.5 Å². The summed E-state index contributed by atoms with van der Waals surface area (Å²) in [5.74, 6) is 0.0718. The monoisotopic (exact) mass is 304 g/mol. The molecule has 1 aliphatic rings. The van der Waals surface area contributed by atoms with Crippen LogP contribution in [-0.4, -0.2) is 47.0 Å². The summed E-state index contributed by atoms with van der Waals surface area (Å²) in [6.45, 7) is 5.51. The molecule has 2 heterocycles. The number of carbonyl (C=O) groups is 1. The Bertz CT molecular complexity index is 661. The maximum absolute atomic E-state index is 13.7. The van der Waals surface area contributed by atoms with E-state index >= 15 is 0 Å². The second kappa shape index (κ2) is 6.44. The van der Waals surface area contributed by atoms with E-state index in [1.54, 1.807) is 0 Å². The normalized spacial score (nSPS) is 16.4. The first-order valence-corrected chi connectivity index (χ1v) is 7.81. The molecule has 0 aliphatic carbocycles. The Balaban J connectivity index is 1.73. The molecule has 22 heavy (non-hydrogen) atoms. The lowest BCUT2D eigenvalue weighted by atomic mass is 9.96. The summed E-state index contributed by atoms with van der Waals surface area (Å²) in [6, 6.07) is 2.65. The van der Waals surface area contributed by atoms with E-state index in [1.165, 1.54) is 18.5 Å². The molecule has 2 N–H and O–H groups in total. The highest BCUT2D eigenvalue weighted by Gasteiger charge is 2.25. The fourth-order valence-electron chi connectivity index (χ4n) is 3.04. The number of nitrogens with one attached hydrogen (secondary N) is 2. The molecule has 0 radical (unpaired) electrons. The van der Waals surface area contributed by atoms with Gasteiger partial charge in [-0.1, -0.05) is 6.92 Å². The molecule has 0 bridgehead atoms. The number of aromatic nitrogens is 2. The summed E-state index contributed by atoms with van der Waals surface area (Å²) in [6.07, 6.45) is 3.46. The Labute approximate surface area is 128 Å². The molecule has 6 heteroatoms. The lowest BCUT2D eigenvalue weighted by Crippen LogP contribution is -2.40. The third kappa shape index (κ3) is 2.97. The number of rotatable bonds is 4. The van der Waals surface area contributed by atoms with Crippen LogP contribution >= 0.6 is 0 Å². The van der Waals surface area contributed by atoms with Crippen molar-refractivity contribution >= 4 is 16.9 Å². The summed E-state index contributed by atoms with van der Waals surface area (Å²) >= 11 is 0. The number of halogens is 1. The predicted molar refractivity (Wildman–Crippen MR) is 83.2 cm³/mol. The number of hydrogen-bond acceptors (Lipinski definition) is 3. The average molecular weight is 304 g/mol. The van der Waals surface area contributed by atoms with Crippen molar-refractivity contribution in [2.45, 2.75) is 19.8 Å². The molecule has 1 fully saturated rings. The zero-order chi connectivity index (χ0) is 15.5. The number of benzene rings is 1. The summed E-state index contributed by atoms with van der Waals surface area (Å²) in [7, 11) is 0. The molecule has 0 unspecified atom stereocenters. The van der Waals surface area contributed by atoms with Crippen molar-refractivity contribution in [3.05, 3.63) is 29.8 Å². The Morgan fingerprint density at radius 3 is 2.95 bits per heavy atom. The van der Waals surface area contributed by atoms with Crippen molar-refractivity contribution < 1.29 is 9.18 Å². The van der Waals surface area contributed by atoms with Crippen LogP contribution in [0.3, 0.4) is 0 Å². The molecule has 0 atom stereocenters. The number of H-pyrrole nitrogens is 1. The number of aromatic amines is 1. The summed E-state index contributed by atoms with van der Waals surface area (Å²) in [5.41, 5.74) is 1.45. The lowest BCUT2D eigenvalue weighted by molar-refractivity contribution is 0.0691. The van der Waals surface area contributed by atoms with Gasteiger partial charge in [-0.15, -0.1) is 0 Å². The Morgan fingerprint density at radius 2 is 2.23 bits per heavy atom. The van der Waals surface area contributed by atoms with E-state index in [1.807, 2.05) is 4.90 Å². The van der Waals surface area contributed by atoms with Crippen LogP contribution in [-0.2, 0) is 0 Å². The van der Waals surface area contributed by atoms with Crippen LogP contribution in [0.15, 0.2) is 18.5 Å². The number of amides is 1. The molecule has 1 amide bonds. The molecule has 118 valence electrons. The van der Waals surface area contributed by atoms with Crippen molar-refractivity contribution in [2.75, 3.05) is 26.2 Å². The number of piperidine rings is 1. The quantitative estimate of drug-likeness (QED) is 0.910. The largest absolute Gasteiger partial charge is 0.344 e. The van der Waals surface area contributed by atoms with Gasteiger partial charge in [0.05, 0.1) is 17.4 Å². The number of imidazole rings is 1. The molecule has 1 aromatic carbocycles. The molecule has 1 saturated heterocycles. The van der Waals surface area contributed by atoms with Crippen molar-refractivity contribution in [3.8, 4) is 0 Å². The minimum atomic E-state index is -0.415. The molecular weight excluding hydrogens is 283 g/mol. The Kier molecular flexibility index (Phi) is 4.38. The van der Waals surface area contributed by atoms with Gasteiger partial charge in [0.15, 0.2) is 0 Å². The highest BCUT2D eigenvalue weighted by molar-refractivity contribution is 6.04. The molecule has 5 nitrogen and oxygen atoms in total. The highest BCUT2D eigenvalue weighted by Crippen LogP contribution is 2.22. The summed E-state index contributed by atoms with van der Waals surface area (Å²) < 4.78 is 13.7. The van der Waals surface area contributed by atoms with E-state index in [2.05, 4.69) is 22.2 Å². The van der Waals surface area contributed by atoms with E-state index in [9.17, 15) is 9.18 Å². The second-order valence-electron chi connectivity index (χ2n) is 5.80. The number of fused-ring (bicyclic) bond motifs is 1. The summed E-state index contributed by atoms with van der Waals surface area (Å²) in [4.78, 5) is 21.5. The van der Waals surface area contributed by atoms with Gasteiger partial charge in [-0.05, 0) is 44.0 Å². The fraction of sp³-hybridized carbons (Fsp3) is 0.500. The number of nitrogens with zero attached hydrogens (tertiary/aromatic N) is 2. The van der Waals surface area contributed by atoms with Gasteiger partial charge < -0.3 is 15.2 Å². The number of carbonyl (C=O) groups excluding carboxylic acids is 1. The van der Waals surface area contributed by atoms with Gasteiger partial charge in [-0.3, -0.25) is 4.79 Å². The predicted octanol–water partition coefficient (Wildman–Crippen LogP) is 2.16. The Morgan fingerprint density at radius 1 is 1.45 bits per heavy atom. The molecule has 1 aliphatic heterocycles. The van der Waals surface area contributed by atoms with Crippen molar-refractivity contribution in [2.24, 2.45) is 5.92 Å². The first-order valence-electron chi connectivity index (χ1n) is 7.81. The maximum Gasteiger partial charge on any atom is 0.256 e. The molecule has 3 rings (SSSR count). The van der Waals surface area contributed by atoms with Crippen LogP contribution in [0.5, 0.6) is 0 Å². The average Bonchev–Trinajstić information content (AvgIpc) is 3.00. The van der Waals surface area contributed by atoms with Crippen LogP contribution in [0, 0.1) is 11.7 Å². The van der Waals surface area contributed by atoms with Gasteiger partial charge in [0.25, 0.3) is 5.91 Å². The van der Waals surface area contributed by atoms with E-state index in [4.69, 9.17) is 0 Å². The summed E-state index contributed by atoms with van der Waals surface area (Å²) in [5, 5.41) is 3.35. The smallest absolute Gasteiger partial charge is 0.256 e. The minimum Gasteiger partial charge on any atom is -0.344 e. The zero-order valence-corrected chi connectivity index (χ0v) is 12.7. The highest BCUT2D eigenvalue weighted by atomic mass is 19.1. The topological polar surface area (TPSA) is 61.0 Å². The Hall–Kier alpha value is -1.95. The van der Waals surface area contributed by atoms with Crippen LogP contribution < -0.4 is 5.32 Å². The van der Waals surface area contributed by atoms with Gasteiger partial charge in [0.2, 0.25) is 0 Å². The van der Waals surface area contributed by atoms with Crippen molar-refractivity contribution in [1.29, 1.82) is 0 Å². The zero-order valence-electron chi connectivity index (χ0n) is 12.7. The van der Waals surface area contributed by atoms with Gasteiger partial charge >= 0.3 is 0 Å². The second-order valence-corrected chi connectivity index (χ2v) is 5.80. The standard InChI is InChI=1S/C16H21FN4O/c1-2-18-9-11-3-5-21(6-4-11)16(22)13-7-12(17)8-14-15(13)20-10-19-14/h7-8,10-11,18H,2-6,9H2,1H3,(H,19,20). The number of hydrogen-bond donors (Lipinski definition) is 2. The molecule has 0 spiro atoms. The maximum atomic E-state index is 13.7. The van der Waals surface area contributed by atoms with Gasteiger partial charge in [0.1, 0.15) is 11.3 Å². The molecular formula is C16H21FN4O. The van der Waals surface area contributed by atoms with E-state index < -0.39 is 5.82 Å². The first kappa shape index (κ1) is 15.0. The third-order valence-corrected chi connectivity index (χ3v) is 4.30. The van der Waals surface area contributed by atoms with Crippen LogP contribution in [0.2, 0.25) is 0 Å². The SMILES string of the molecule is CCNCC1CCN(C(=O)c2cc(F)cc3[nH]cnc23)CC1. The molecule has 0 saturated carbocycles. The van der Waals surface area contributed by atoms with Crippen molar-refractivity contribution in [3.63, 3.8) is 0 Å². The van der Waals surface area contributed by atoms with E-state index in [0.717, 1.165) is 39.0 Å². The van der Waals surface area contributed by atoms with Gasteiger partial charge in [0, 0.05) is 13.1 Å². The first-order chi connectivity index (χ1) is 10.7. The third-order valence-electron chi connectivity index (χ3n) is 4.30. The molecule has 2 aromatic rings. The van der Waals surface area contributed by atoms with E-state index in [-0.39, 0.29) is 5.91 Å². The van der Waals surface area contributed by atoms with Crippen molar-refractivity contribution in [1.82, 2.24) is 20.2 Å². The van der Waals surface area contributed by atoms with Gasteiger partial charge in [-0.25, -0.2) is 9.37 Å². The van der Waals surface area contributed by atoms with Gasteiger partial charge in [-0.2, -0.15) is 0 Å². The molecule has 1 aromatic heterocycles. The fourth-order valence-corrected chi connectivity index (χ4v) is 3.04. The van der Waals surface area contributed by atoms with Crippen LogP contribution in [0.25, 0.3) is 11.0 Å². The van der Waals surface area contributed by atoms with Crippen LogP contribution in [0.4, 0.5) is 4.39 Å². The number of likely N-dealkylation sites (tertiary alicyclic amines) is 1. The lowest BCUT2D eigenvalue weighted by Gasteiger charge is -2.32. The minimum absolute atomic E-state index is 0.126.